The minimum absolute atomic E-state index is 0.00532. The molecule has 2 aliphatic rings. The number of fused-ring (bicyclic) bond motifs is 2. The molecule has 2 bridgehead atoms. The minimum Gasteiger partial charge on any atom is -0.465 e. The molecule has 2 fully saturated rings. The number of hydrogen-bond donors (Lipinski definition) is 0. The quantitative estimate of drug-likeness (QED) is 0.675. The van der Waals surface area contributed by atoms with Crippen LogP contribution < -0.4 is 0 Å². The van der Waals surface area contributed by atoms with Crippen LogP contribution in [-0.2, 0) is 9.53 Å². The Morgan fingerprint density at radius 1 is 1.35 bits per heavy atom. The molecular formula is C18H32O2. The van der Waals surface area contributed by atoms with Crippen LogP contribution in [0.4, 0.5) is 0 Å². The van der Waals surface area contributed by atoms with Crippen molar-refractivity contribution in [1.82, 2.24) is 0 Å². The molecule has 0 spiro atoms. The summed E-state index contributed by atoms with van der Waals surface area (Å²) in [4.78, 5) is 12.0. The number of esters is 1. The van der Waals surface area contributed by atoms with E-state index in [9.17, 15) is 4.79 Å². The Kier molecular flexibility index (Phi) is 4.51. The van der Waals surface area contributed by atoms with Crippen molar-refractivity contribution in [3.8, 4) is 0 Å². The largest absolute Gasteiger partial charge is 0.465 e. The third-order valence-electron chi connectivity index (χ3n) is 5.32. The molecule has 0 saturated heterocycles. The van der Waals surface area contributed by atoms with Gasteiger partial charge in [0, 0.05) is 11.8 Å². The van der Waals surface area contributed by atoms with E-state index in [0.717, 1.165) is 18.3 Å². The first kappa shape index (κ1) is 15.9. The minimum atomic E-state index is 0.00532. The fourth-order valence-electron chi connectivity index (χ4n) is 4.60. The lowest BCUT2D eigenvalue weighted by Gasteiger charge is -2.33. The standard InChI is InChI=1S/C18H32O2/c1-13(10-17(2,3)4)8-16(19)20-12-18(5)11-14-6-7-15(18)9-14/h13-15H,6-12H2,1-5H3. The van der Waals surface area contributed by atoms with E-state index >= 15 is 0 Å². The molecule has 2 nitrogen and oxygen atoms in total. The van der Waals surface area contributed by atoms with Gasteiger partial charge < -0.3 is 4.74 Å². The highest BCUT2D eigenvalue weighted by Crippen LogP contribution is 2.55. The lowest BCUT2D eigenvalue weighted by atomic mass is 9.75. The molecule has 0 aromatic heterocycles. The highest BCUT2D eigenvalue weighted by Gasteiger charge is 2.48. The van der Waals surface area contributed by atoms with Crippen LogP contribution in [0.2, 0.25) is 0 Å². The van der Waals surface area contributed by atoms with Crippen molar-refractivity contribution in [1.29, 1.82) is 0 Å². The predicted octanol–water partition coefficient (Wildman–Crippen LogP) is 4.82. The van der Waals surface area contributed by atoms with Crippen LogP contribution in [0.25, 0.3) is 0 Å². The van der Waals surface area contributed by atoms with Crippen LogP contribution in [-0.4, -0.2) is 12.6 Å². The van der Waals surface area contributed by atoms with E-state index in [1.807, 2.05) is 0 Å². The lowest BCUT2D eigenvalue weighted by molar-refractivity contribution is -0.149. The van der Waals surface area contributed by atoms with E-state index in [4.69, 9.17) is 4.74 Å². The number of ether oxygens (including phenoxy) is 1. The van der Waals surface area contributed by atoms with Crippen LogP contribution in [0.15, 0.2) is 0 Å². The summed E-state index contributed by atoms with van der Waals surface area (Å²) in [5.74, 6) is 2.12. The average molecular weight is 280 g/mol. The second-order valence-corrected chi connectivity index (χ2v) is 8.97. The van der Waals surface area contributed by atoms with Gasteiger partial charge in [-0.3, -0.25) is 4.79 Å². The van der Waals surface area contributed by atoms with Crippen molar-refractivity contribution in [2.45, 2.75) is 73.1 Å². The topological polar surface area (TPSA) is 26.3 Å². The van der Waals surface area contributed by atoms with Gasteiger partial charge in [-0.25, -0.2) is 0 Å². The van der Waals surface area contributed by atoms with E-state index in [0.29, 0.717) is 18.9 Å². The molecule has 0 aromatic carbocycles. The molecule has 2 rings (SSSR count). The molecule has 4 atom stereocenters. The third kappa shape index (κ3) is 3.99. The van der Waals surface area contributed by atoms with Gasteiger partial charge in [0.15, 0.2) is 0 Å². The Bertz CT molecular complexity index is 355. The Balaban J connectivity index is 1.73. The van der Waals surface area contributed by atoms with Gasteiger partial charge in [-0.15, -0.1) is 0 Å². The molecule has 0 aliphatic heterocycles. The maximum Gasteiger partial charge on any atom is 0.306 e. The number of hydrogen-bond acceptors (Lipinski definition) is 2. The first-order valence-corrected chi connectivity index (χ1v) is 8.33. The smallest absolute Gasteiger partial charge is 0.306 e. The molecule has 20 heavy (non-hydrogen) atoms. The lowest BCUT2D eigenvalue weighted by Crippen LogP contribution is -2.31. The van der Waals surface area contributed by atoms with Crippen molar-refractivity contribution in [2.75, 3.05) is 6.61 Å². The van der Waals surface area contributed by atoms with Crippen molar-refractivity contribution in [3.05, 3.63) is 0 Å². The summed E-state index contributed by atoms with van der Waals surface area (Å²) in [6.45, 7) is 11.8. The molecule has 4 unspecified atom stereocenters. The summed E-state index contributed by atoms with van der Waals surface area (Å²) in [5, 5.41) is 0. The van der Waals surface area contributed by atoms with Gasteiger partial charge in [-0.1, -0.05) is 41.0 Å². The molecule has 0 heterocycles. The molecule has 2 saturated carbocycles. The van der Waals surface area contributed by atoms with Crippen molar-refractivity contribution in [3.63, 3.8) is 0 Å². The van der Waals surface area contributed by atoms with Crippen LogP contribution in [0.3, 0.4) is 0 Å². The van der Waals surface area contributed by atoms with Gasteiger partial charge in [0.05, 0.1) is 6.61 Å². The highest BCUT2D eigenvalue weighted by atomic mass is 16.5. The summed E-state index contributed by atoms with van der Waals surface area (Å²) in [6.07, 6.45) is 7.03. The molecule has 0 aromatic rings. The van der Waals surface area contributed by atoms with E-state index in [2.05, 4.69) is 34.6 Å². The van der Waals surface area contributed by atoms with Crippen LogP contribution in [0.1, 0.15) is 73.1 Å². The molecule has 2 heteroatoms. The van der Waals surface area contributed by atoms with Crippen molar-refractivity contribution >= 4 is 5.97 Å². The van der Waals surface area contributed by atoms with Gasteiger partial charge in [0.2, 0.25) is 0 Å². The third-order valence-corrected chi connectivity index (χ3v) is 5.32. The first-order chi connectivity index (χ1) is 9.18. The fraction of sp³-hybridized carbons (Fsp3) is 0.944. The SMILES string of the molecule is CC(CC(=O)OCC1(C)CC2CCC1C2)CC(C)(C)C. The molecule has 0 radical (unpaired) electrons. The summed E-state index contributed by atoms with van der Waals surface area (Å²) >= 11 is 0. The van der Waals surface area contributed by atoms with Gasteiger partial charge in [0.1, 0.15) is 0 Å². The van der Waals surface area contributed by atoms with Crippen LogP contribution in [0, 0.1) is 28.6 Å². The zero-order valence-corrected chi connectivity index (χ0v) is 14.0. The van der Waals surface area contributed by atoms with Gasteiger partial charge in [0.25, 0.3) is 0 Å². The maximum atomic E-state index is 12.0. The number of carbonyl (C=O) groups excluding carboxylic acids is 1. The van der Waals surface area contributed by atoms with Gasteiger partial charge >= 0.3 is 5.97 Å². The van der Waals surface area contributed by atoms with E-state index in [1.54, 1.807) is 0 Å². The Morgan fingerprint density at radius 2 is 2.05 bits per heavy atom. The molecule has 0 amide bonds. The zero-order valence-electron chi connectivity index (χ0n) is 14.0. The first-order valence-electron chi connectivity index (χ1n) is 8.33. The van der Waals surface area contributed by atoms with E-state index in [1.165, 1.54) is 25.7 Å². The number of rotatable bonds is 5. The summed E-state index contributed by atoms with van der Waals surface area (Å²) < 4.78 is 5.63. The maximum absolute atomic E-state index is 12.0. The van der Waals surface area contributed by atoms with Crippen LogP contribution in [0.5, 0.6) is 0 Å². The van der Waals surface area contributed by atoms with Gasteiger partial charge in [-0.05, 0) is 48.9 Å². The monoisotopic (exact) mass is 280 g/mol. The Hall–Kier alpha value is -0.530. The second-order valence-electron chi connectivity index (χ2n) is 8.97. The highest BCUT2D eigenvalue weighted by molar-refractivity contribution is 5.69. The Morgan fingerprint density at radius 3 is 2.55 bits per heavy atom. The normalized spacial score (nSPS) is 34.2. The summed E-state index contributed by atoms with van der Waals surface area (Å²) in [6, 6.07) is 0. The molecule has 2 aliphatic carbocycles. The summed E-state index contributed by atoms with van der Waals surface area (Å²) in [5.41, 5.74) is 0.558. The van der Waals surface area contributed by atoms with Crippen LogP contribution >= 0.6 is 0 Å². The predicted molar refractivity (Wildman–Crippen MR) is 82.4 cm³/mol. The molecular weight excluding hydrogens is 248 g/mol. The fourth-order valence-corrected chi connectivity index (χ4v) is 4.60. The average Bonchev–Trinajstić information content (AvgIpc) is 2.83. The van der Waals surface area contributed by atoms with Crippen molar-refractivity contribution < 1.29 is 9.53 Å². The second kappa shape index (κ2) is 5.69. The Labute approximate surface area is 124 Å². The van der Waals surface area contributed by atoms with E-state index < -0.39 is 0 Å². The molecule has 116 valence electrons. The molecule has 0 N–H and O–H groups in total. The number of carbonyl (C=O) groups is 1. The van der Waals surface area contributed by atoms with Gasteiger partial charge in [-0.2, -0.15) is 0 Å². The zero-order chi connectivity index (χ0) is 15.0. The van der Waals surface area contributed by atoms with E-state index in [-0.39, 0.29) is 16.8 Å². The summed E-state index contributed by atoms with van der Waals surface area (Å²) in [7, 11) is 0. The van der Waals surface area contributed by atoms with Crippen molar-refractivity contribution in [2.24, 2.45) is 28.6 Å².